The first-order valence-electron chi connectivity index (χ1n) is 5.91. The quantitative estimate of drug-likeness (QED) is 0.772. The zero-order valence-corrected chi connectivity index (χ0v) is 10.7. The number of rotatable bonds is 6. The Kier molecular flexibility index (Phi) is 4.50. The summed E-state index contributed by atoms with van der Waals surface area (Å²) >= 11 is 0. The third kappa shape index (κ3) is 3.32. The molecule has 0 aliphatic rings. The molecular formula is C12H23N3O. The highest BCUT2D eigenvalue weighted by Crippen LogP contribution is 2.10. The molecule has 4 heteroatoms. The van der Waals surface area contributed by atoms with E-state index in [9.17, 15) is 5.11 Å². The number of aliphatic hydroxyl groups is 1. The second kappa shape index (κ2) is 5.46. The summed E-state index contributed by atoms with van der Waals surface area (Å²) in [4.78, 5) is 0. The molecule has 0 aliphatic heterocycles. The Balaban J connectivity index is 2.57. The van der Waals surface area contributed by atoms with Gasteiger partial charge in [0.2, 0.25) is 0 Å². The number of hydrogen-bond acceptors (Lipinski definition) is 3. The summed E-state index contributed by atoms with van der Waals surface area (Å²) in [5.41, 5.74) is 0.886. The highest BCUT2D eigenvalue weighted by Gasteiger charge is 2.23. The minimum atomic E-state index is -0.380. The summed E-state index contributed by atoms with van der Waals surface area (Å²) in [6, 6.07) is 2.01. The van der Waals surface area contributed by atoms with Crippen LogP contribution in [0.2, 0.25) is 0 Å². The van der Waals surface area contributed by atoms with Gasteiger partial charge in [-0.25, -0.2) is 0 Å². The lowest BCUT2D eigenvalue weighted by Crippen LogP contribution is -2.47. The van der Waals surface area contributed by atoms with Crippen molar-refractivity contribution in [3.8, 4) is 0 Å². The topological polar surface area (TPSA) is 50.1 Å². The lowest BCUT2D eigenvalue weighted by molar-refractivity contribution is 0.0951. The number of nitrogens with one attached hydrogen (secondary N) is 1. The summed E-state index contributed by atoms with van der Waals surface area (Å²) in [5.74, 6) is 0. The third-order valence-electron chi connectivity index (χ3n) is 3.01. The maximum atomic E-state index is 9.60. The van der Waals surface area contributed by atoms with Crippen LogP contribution >= 0.6 is 0 Å². The van der Waals surface area contributed by atoms with Gasteiger partial charge in [0, 0.05) is 24.8 Å². The first-order valence-corrected chi connectivity index (χ1v) is 5.91. The van der Waals surface area contributed by atoms with Crippen LogP contribution < -0.4 is 5.32 Å². The molecule has 1 aromatic rings. The van der Waals surface area contributed by atoms with Gasteiger partial charge in [-0.15, -0.1) is 0 Å². The van der Waals surface area contributed by atoms with Gasteiger partial charge in [0.15, 0.2) is 0 Å². The Morgan fingerprint density at radius 3 is 2.81 bits per heavy atom. The van der Waals surface area contributed by atoms with Crippen molar-refractivity contribution in [2.24, 2.45) is 0 Å². The van der Waals surface area contributed by atoms with E-state index in [1.807, 2.05) is 30.8 Å². The van der Waals surface area contributed by atoms with Crippen molar-refractivity contribution in [3.63, 3.8) is 0 Å². The van der Waals surface area contributed by atoms with E-state index in [4.69, 9.17) is 0 Å². The van der Waals surface area contributed by atoms with E-state index in [0.29, 0.717) is 0 Å². The van der Waals surface area contributed by atoms with Gasteiger partial charge in [-0.05, 0) is 33.3 Å². The molecule has 4 nitrogen and oxygen atoms in total. The minimum absolute atomic E-state index is 0.276. The molecule has 0 aliphatic carbocycles. The van der Waals surface area contributed by atoms with Crippen molar-refractivity contribution in [2.45, 2.75) is 58.8 Å². The maximum Gasteiger partial charge on any atom is 0.0688 e. The molecule has 0 fully saturated rings. The summed E-state index contributed by atoms with van der Waals surface area (Å²) in [6.07, 6.45) is 2.52. The van der Waals surface area contributed by atoms with Crippen LogP contribution in [0, 0.1) is 0 Å². The van der Waals surface area contributed by atoms with Gasteiger partial charge in [0.1, 0.15) is 0 Å². The van der Waals surface area contributed by atoms with Crippen molar-refractivity contribution < 1.29 is 5.11 Å². The summed E-state index contributed by atoms with van der Waals surface area (Å²) < 4.78 is 2.01. The molecule has 2 N–H and O–H groups in total. The maximum absolute atomic E-state index is 9.60. The van der Waals surface area contributed by atoms with Gasteiger partial charge in [0.25, 0.3) is 0 Å². The SMILES string of the molecule is CCCn1nccc1CNC(C)(C)C(C)O. The van der Waals surface area contributed by atoms with E-state index in [1.54, 1.807) is 6.92 Å². The summed E-state index contributed by atoms with van der Waals surface area (Å²) in [6.45, 7) is 9.61. The molecule has 92 valence electrons. The Hall–Kier alpha value is -0.870. The van der Waals surface area contributed by atoms with Gasteiger partial charge in [0.05, 0.1) is 11.8 Å². The van der Waals surface area contributed by atoms with Crippen molar-refractivity contribution in [2.75, 3.05) is 0 Å². The second-order valence-corrected chi connectivity index (χ2v) is 4.80. The summed E-state index contributed by atoms with van der Waals surface area (Å²) in [5, 5.41) is 17.2. The average molecular weight is 225 g/mol. The molecule has 0 bridgehead atoms. The lowest BCUT2D eigenvalue weighted by Gasteiger charge is -2.29. The molecule has 0 saturated carbocycles. The first kappa shape index (κ1) is 13.2. The van der Waals surface area contributed by atoms with E-state index >= 15 is 0 Å². The van der Waals surface area contributed by atoms with Crippen LogP contribution in [0.15, 0.2) is 12.3 Å². The van der Waals surface area contributed by atoms with E-state index < -0.39 is 0 Å². The Bertz CT molecular complexity index is 318. The largest absolute Gasteiger partial charge is 0.392 e. The molecule has 0 aromatic carbocycles. The highest BCUT2D eigenvalue weighted by molar-refractivity contribution is 5.01. The number of nitrogens with zero attached hydrogens (tertiary/aromatic N) is 2. The smallest absolute Gasteiger partial charge is 0.0688 e. The number of hydrogen-bond donors (Lipinski definition) is 2. The average Bonchev–Trinajstić information content (AvgIpc) is 2.63. The normalized spacial score (nSPS) is 14.1. The molecule has 0 radical (unpaired) electrons. The van der Waals surface area contributed by atoms with Crippen LogP contribution in [0.5, 0.6) is 0 Å². The fraction of sp³-hybridized carbons (Fsp3) is 0.750. The van der Waals surface area contributed by atoms with Gasteiger partial charge >= 0.3 is 0 Å². The minimum Gasteiger partial charge on any atom is -0.392 e. The van der Waals surface area contributed by atoms with E-state index in [0.717, 1.165) is 25.2 Å². The van der Waals surface area contributed by atoms with Crippen molar-refractivity contribution in [1.82, 2.24) is 15.1 Å². The molecule has 1 rings (SSSR count). The van der Waals surface area contributed by atoms with Crippen molar-refractivity contribution in [1.29, 1.82) is 0 Å². The van der Waals surface area contributed by atoms with Crippen LogP contribution in [-0.2, 0) is 13.1 Å². The third-order valence-corrected chi connectivity index (χ3v) is 3.01. The Morgan fingerprint density at radius 2 is 2.25 bits per heavy atom. The lowest BCUT2D eigenvalue weighted by atomic mass is 9.99. The molecule has 1 atom stereocenters. The Morgan fingerprint density at radius 1 is 1.56 bits per heavy atom. The molecule has 1 aromatic heterocycles. The van der Waals surface area contributed by atoms with Crippen molar-refractivity contribution >= 4 is 0 Å². The molecule has 1 heterocycles. The van der Waals surface area contributed by atoms with Gasteiger partial charge in [-0.1, -0.05) is 6.92 Å². The summed E-state index contributed by atoms with van der Waals surface area (Å²) in [7, 11) is 0. The standard InChI is InChI=1S/C12H23N3O/c1-5-8-15-11(6-7-14-15)9-13-12(3,4)10(2)16/h6-7,10,13,16H,5,8-9H2,1-4H3. The fourth-order valence-electron chi connectivity index (χ4n) is 1.39. The predicted molar refractivity (Wildman–Crippen MR) is 65.1 cm³/mol. The fourth-order valence-corrected chi connectivity index (χ4v) is 1.39. The van der Waals surface area contributed by atoms with Crippen LogP contribution in [0.3, 0.4) is 0 Å². The van der Waals surface area contributed by atoms with E-state index in [-0.39, 0.29) is 11.6 Å². The molecule has 1 unspecified atom stereocenters. The molecular weight excluding hydrogens is 202 g/mol. The van der Waals surface area contributed by atoms with Crippen LogP contribution in [0.25, 0.3) is 0 Å². The monoisotopic (exact) mass is 225 g/mol. The van der Waals surface area contributed by atoms with Gasteiger partial charge in [-0.3, -0.25) is 4.68 Å². The predicted octanol–water partition coefficient (Wildman–Crippen LogP) is 1.54. The molecule has 0 saturated heterocycles. The number of aliphatic hydroxyl groups excluding tert-OH is 1. The van der Waals surface area contributed by atoms with Gasteiger partial charge in [-0.2, -0.15) is 5.10 Å². The Labute approximate surface area is 97.7 Å². The molecule has 0 spiro atoms. The number of aromatic nitrogens is 2. The van der Waals surface area contributed by atoms with Crippen LogP contribution in [-0.4, -0.2) is 26.5 Å². The zero-order valence-electron chi connectivity index (χ0n) is 10.7. The van der Waals surface area contributed by atoms with E-state index in [2.05, 4.69) is 17.3 Å². The second-order valence-electron chi connectivity index (χ2n) is 4.80. The molecule has 0 amide bonds. The van der Waals surface area contributed by atoms with E-state index in [1.165, 1.54) is 0 Å². The molecule has 16 heavy (non-hydrogen) atoms. The first-order chi connectivity index (χ1) is 7.47. The zero-order chi connectivity index (χ0) is 12.2. The van der Waals surface area contributed by atoms with Crippen LogP contribution in [0.4, 0.5) is 0 Å². The van der Waals surface area contributed by atoms with Crippen molar-refractivity contribution in [3.05, 3.63) is 18.0 Å². The highest BCUT2D eigenvalue weighted by atomic mass is 16.3. The van der Waals surface area contributed by atoms with Gasteiger partial charge < -0.3 is 10.4 Å². The number of aryl methyl sites for hydroxylation is 1. The van der Waals surface area contributed by atoms with Crippen LogP contribution in [0.1, 0.15) is 39.8 Å².